The molecule has 6 rings (SSSR count). The van der Waals surface area contributed by atoms with Crippen LogP contribution in [0, 0.1) is 0 Å². The lowest BCUT2D eigenvalue weighted by molar-refractivity contribution is 0.218. The van der Waals surface area contributed by atoms with Crippen LogP contribution in [0.5, 0.6) is 0 Å². The van der Waals surface area contributed by atoms with Crippen LogP contribution in [0.15, 0.2) is 167 Å². The Hall–Kier alpha value is -3.98. The Kier molecular flexibility index (Phi) is 6.68. The molecule has 0 fully saturated rings. The third-order valence-electron chi connectivity index (χ3n) is 7.30. The predicted octanol–water partition coefficient (Wildman–Crippen LogP) is 8.91. The van der Waals surface area contributed by atoms with Crippen LogP contribution in [-0.2, 0) is 5.41 Å². The van der Waals surface area contributed by atoms with Gasteiger partial charge in [0.15, 0.2) is 0 Å². The quantitative estimate of drug-likeness (QED) is 0.213. The fraction of sp³-hybridized carbons (Fsp3) is 0.0556. The highest BCUT2D eigenvalue weighted by Crippen LogP contribution is 2.59. The minimum atomic E-state index is -0.820. The van der Waals surface area contributed by atoms with Crippen molar-refractivity contribution in [1.29, 1.82) is 0 Å². The van der Waals surface area contributed by atoms with Crippen LogP contribution >= 0.6 is 15.9 Å². The smallest absolute Gasteiger partial charge is 0.105 e. The van der Waals surface area contributed by atoms with Gasteiger partial charge >= 0.3 is 0 Å². The second-order valence-corrected chi connectivity index (χ2v) is 10.5. The summed E-state index contributed by atoms with van der Waals surface area (Å²) >= 11 is 3.55. The van der Waals surface area contributed by atoms with Crippen molar-refractivity contribution in [3.05, 3.63) is 195 Å². The van der Waals surface area contributed by atoms with Crippen molar-refractivity contribution in [3.63, 3.8) is 0 Å². The molecule has 5 aromatic carbocycles. The molecule has 0 radical (unpaired) electrons. The van der Waals surface area contributed by atoms with Gasteiger partial charge < -0.3 is 5.11 Å². The third kappa shape index (κ3) is 4.47. The van der Waals surface area contributed by atoms with Crippen molar-refractivity contribution < 1.29 is 5.11 Å². The van der Waals surface area contributed by atoms with Crippen molar-refractivity contribution in [3.8, 4) is 0 Å². The highest BCUT2D eigenvalue weighted by molar-refractivity contribution is 9.10. The van der Waals surface area contributed by atoms with E-state index < -0.39 is 11.5 Å². The molecule has 0 bridgehead atoms. The average Bonchev–Trinajstić information content (AvgIpc) is 3.74. The van der Waals surface area contributed by atoms with Crippen LogP contribution in [0.3, 0.4) is 0 Å². The lowest BCUT2D eigenvalue weighted by Gasteiger charge is -2.26. The van der Waals surface area contributed by atoms with Crippen LogP contribution in [0.25, 0.3) is 5.57 Å². The Morgan fingerprint density at radius 1 is 0.553 bits per heavy atom. The molecule has 1 aliphatic rings. The molecule has 38 heavy (non-hydrogen) atoms. The van der Waals surface area contributed by atoms with Gasteiger partial charge in [-0.25, -0.2) is 0 Å². The molecule has 184 valence electrons. The number of rotatable bonds is 7. The van der Waals surface area contributed by atoms with Crippen LogP contribution < -0.4 is 0 Å². The largest absolute Gasteiger partial charge is 0.384 e. The van der Waals surface area contributed by atoms with Gasteiger partial charge in [0.2, 0.25) is 0 Å². The monoisotopic (exact) mass is 554 g/mol. The number of benzene rings is 5. The maximum atomic E-state index is 12.2. The van der Waals surface area contributed by atoms with Gasteiger partial charge in [0.25, 0.3) is 0 Å². The zero-order chi connectivity index (χ0) is 26.0. The number of aliphatic hydroxyl groups excluding tert-OH is 1. The number of halogens is 1. The zero-order valence-corrected chi connectivity index (χ0v) is 22.4. The fourth-order valence-corrected chi connectivity index (χ4v) is 5.70. The van der Waals surface area contributed by atoms with Gasteiger partial charge in [-0.05, 0) is 56.7 Å². The van der Waals surface area contributed by atoms with E-state index in [0.29, 0.717) is 0 Å². The minimum Gasteiger partial charge on any atom is -0.384 e. The summed E-state index contributed by atoms with van der Waals surface area (Å²) in [5, 5.41) is 12.2. The van der Waals surface area contributed by atoms with Crippen molar-refractivity contribution in [2.45, 2.75) is 11.5 Å². The van der Waals surface area contributed by atoms with Crippen LogP contribution in [0.2, 0.25) is 0 Å². The SMILES string of the molecule is OC(C(C1=CC1(c1ccccc1)c1ccccc1)=C(c1ccccc1)c1ccccc1)c1ccc(Br)cc1. The van der Waals surface area contributed by atoms with E-state index >= 15 is 0 Å². The zero-order valence-electron chi connectivity index (χ0n) is 20.8. The van der Waals surface area contributed by atoms with E-state index in [1.165, 1.54) is 11.1 Å². The summed E-state index contributed by atoms with van der Waals surface area (Å²) in [7, 11) is 0. The first-order valence-corrected chi connectivity index (χ1v) is 13.6. The maximum absolute atomic E-state index is 12.2. The predicted molar refractivity (Wildman–Crippen MR) is 160 cm³/mol. The first-order chi connectivity index (χ1) is 18.7. The van der Waals surface area contributed by atoms with Gasteiger partial charge in [0, 0.05) is 4.47 Å². The summed E-state index contributed by atoms with van der Waals surface area (Å²) in [6, 6.07) is 50.0. The molecule has 0 amide bonds. The molecule has 1 N–H and O–H groups in total. The standard InChI is InChI=1S/C36H27BrO/c37-31-23-21-28(22-24-31)35(38)34(33(26-13-5-1-6-14-26)27-15-7-2-8-16-27)32-25-36(32,29-17-9-3-10-18-29)30-19-11-4-12-20-30/h1-25,35,38H. The highest BCUT2D eigenvalue weighted by atomic mass is 79.9. The molecule has 0 saturated heterocycles. The van der Waals surface area contributed by atoms with Crippen LogP contribution in [0.1, 0.15) is 33.9 Å². The van der Waals surface area contributed by atoms with Crippen molar-refractivity contribution in [1.82, 2.24) is 0 Å². The molecular weight excluding hydrogens is 528 g/mol. The Labute approximate surface area is 232 Å². The van der Waals surface area contributed by atoms with Gasteiger partial charge in [0.05, 0.1) is 5.41 Å². The van der Waals surface area contributed by atoms with E-state index in [4.69, 9.17) is 0 Å². The van der Waals surface area contributed by atoms with Crippen molar-refractivity contribution >= 4 is 21.5 Å². The molecule has 5 aromatic rings. The Balaban J connectivity index is 1.64. The summed E-state index contributed by atoms with van der Waals surface area (Å²) in [6.07, 6.45) is 1.50. The number of hydrogen-bond acceptors (Lipinski definition) is 1. The first kappa shape index (κ1) is 24.4. The van der Waals surface area contributed by atoms with Gasteiger partial charge in [0.1, 0.15) is 6.10 Å². The molecule has 0 aliphatic heterocycles. The molecule has 1 aliphatic carbocycles. The third-order valence-corrected chi connectivity index (χ3v) is 7.83. The topological polar surface area (TPSA) is 20.2 Å². The summed E-state index contributed by atoms with van der Waals surface area (Å²) in [4.78, 5) is 0. The molecule has 0 heterocycles. The lowest BCUT2D eigenvalue weighted by Crippen LogP contribution is -2.17. The van der Waals surface area contributed by atoms with Crippen molar-refractivity contribution in [2.24, 2.45) is 0 Å². The molecule has 1 atom stereocenters. The lowest BCUT2D eigenvalue weighted by atomic mass is 9.77. The Bertz CT molecular complexity index is 1510. The molecule has 1 nitrogen and oxygen atoms in total. The number of aliphatic hydroxyl groups is 1. The normalized spacial score (nSPS) is 14.3. The molecular formula is C36H27BrO. The van der Waals surface area contributed by atoms with E-state index in [9.17, 15) is 5.11 Å². The molecule has 0 aromatic heterocycles. The Morgan fingerprint density at radius 2 is 0.974 bits per heavy atom. The molecule has 0 spiro atoms. The van der Waals surface area contributed by atoms with E-state index in [1.54, 1.807) is 0 Å². The minimum absolute atomic E-state index is 0.414. The number of hydrogen-bond donors (Lipinski definition) is 1. The summed E-state index contributed by atoms with van der Waals surface area (Å²) in [5.74, 6) is 0. The fourth-order valence-electron chi connectivity index (χ4n) is 5.43. The van der Waals surface area contributed by atoms with Gasteiger partial charge in [-0.3, -0.25) is 0 Å². The Morgan fingerprint density at radius 3 is 1.42 bits per heavy atom. The van der Waals surface area contributed by atoms with E-state index in [1.807, 2.05) is 36.4 Å². The van der Waals surface area contributed by atoms with E-state index in [-0.39, 0.29) is 0 Å². The second-order valence-electron chi connectivity index (χ2n) is 9.57. The van der Waals surface area contributed by atoms with Gasteiger partial charge in [-0.15, -0.1) is 0 Å². The van der Waals surface area contributed by atoms with Gasteiger partial charge in [-0.1, -0.05) is 155 Å². The second kappa shape index (κ2) is 10.4. The first-order valence-electron chi connectivity index (χ1n) is 12.8. The summed E-state index contributed by atoms with van der Waals surface area (Å²) in [6.45, 7) is 0. The summed E-state index contributed by atoms with van der Waals surface area (Å²) in [5.41, 5.74) is 8.09. The molecule has 2 heteroatoms. The molecule has 0 saturated carbocycles. The van der Waals surface area contributed by atoms with Crippen LogP contribution in [-0.4, -0.2) is 5.11 Å². The van der Waals surface area contributed by atoms with Gasteiger partial charge in [-0.2, -0.15) is 0 Å². The average molecular weight is 556 g/mol. The van der Waals surface area contributed by atoms with Crippen LogP contribution in [0.4, 0.5) is 0 Å². The number of allylic oxidation sites excluding steroid dienone is 1. The summed E-state index contributed by atoms with van der Waals surface area (Å²) < 4.78 is 0.985. The molecule has 1 unspecified atom stereocenters. The highest BCUT2D eigenvalue weighted by Gasteiger charge is 2.50. The van der Waals surface area contributed by atoms with E-state index in [0.717, 1.165) is 37.9 Å². The maximum Gasteiger partial charge on any atom is 0.105 e. The van der Waals surface area contributed by atoms with Crippen molar-refractivity contribution in [2.75, 3.05) is 0 Å². The van der Waals surface area contributed by atoms with E-state index in [2.05, 4.69) is 131 Å².